The van der Waals surface area contributed by atoms with Gasteiger partial charge in [-0.15, -0.1) is 10.2 Å². The quantitative estimate of drug-likeness (QED) is 0.634. The van der Waals surface area contributed by atoms with Gasteiger partial charge >= 0.3 is 0 Å². The number of halogens is 2. The number of aryl methyl sites for hydroxylation is 1. The van der Waals surface area contributed by atoms with E-state index in [0.717, 1.165) is 11.3 Å². The lowest BCUT2D eigenvalue weighted by atomic mass is 10.2. The Kier molecular flexibility index (Phi) is 5.80. The molecular weight excluding hydrogens is 393 g/mol. The van der Waals surface area contributed by atoms with Gasteiger partial charge in [-0.05, 0) is 31.5 Å². The highest BCUT2D eigenvalue weighted by Crippen LogP contribution is 2.27. The van der Waals surface area contributed by atoms with Crippen LogP contribution >= 0.6 is 35.0 Å². The second-order valence-corrected chi connectivity index (χ2v) is 7.65. The van der Waals surface area contributed by atoms with Gasteiger partial charge in [0.25, 0.3) is 0 Å². The fraction of sp³-hybridized carbons (Fsp3) is 0.176. The number of amides is 1. The molecule has 1 aromatic carbocycles. The van der Waals surface area contributed by atoms with Gasteiger partial charge in [0.05, 0.1) is 21.0 Å². The number of pyridine rings is 1. The van der Waals surface area contributed by atoms with Crippen LogP contribution in [-0.4, -0.2) is 30.9 Å². The van der Waals surface area contributed by atoms with E-state index in [4.69, 9.17) is 23.2 Å². The molecule has 3 rings (SSSR count). The summed E-state index contributed by atoms with van der Waals surface area (Å²) in [6.45, 7) is 3.79. The van der Waals surface area contributed by atoms with Crippen molar-refractivity contribution in [1.29, 1.82) is 0 Å². The smallest absolute Gasteiger partial charge is 0.238 e. The lowest BCUT2D eigenvalue weighted by Gasteiger charge is -2.13. The first-order valence-electron chi connectivity index (χ1n) is 7.70. The zero-order valence-corrected chi connectivity index (χ0v) is 16.3. The van der Waals surface area contributed by atoms with Crippen LogP contribution in [-0.2, 0) is 4.79 Å². The van der Waals surface area contributed by atoms with E-state index in [0.29, 0.717) is 10.2 Å². The van der Waals surface area contributed by atoms with Crippen molar-refractivity contribution in [3.8, 4) is 5.69 Å². The maximum Gasteiger partial charge on any atom is 0.238 e. The minimum Gasteiger partial charge on any atom is -0.308 e. The molecule has 1 unspecified atom stereocenters. The number of thioether (sulfide) groups is 1. The first kappa shape index (κ1) is 18.7. The monoisotopic (exact) mass is 407 g/mol. The van der Waals surface area contributed by atoms with E-state index in [2.05, 4.69) is 20.5 Å². The van der Waals surface area contributed by atoms with Gasteiger partial charge in [0.1, 0.15) is 6.33 Å². The molecule has 0 radical (unpaired) electrons. The van der Waals surface area contributed by atoms with Crippen molar-refractivity contribution >= 4 is 46.7 Å². The van der Waals surface area contributed by atoms with Gasteiger partial charge in [-0.3, -0.25) is 9.36 Å². The van der Waals surface area contributed by atoms with Crippen molar-refractivity contribution in [1.82, 2.24) is 19.7 Å². The number of nitrogens with one attached hydrogen (secondary N) is 1. The van der Waals surface area contributed by atoms with E-state index < -0.39 is 5.25 Å². The molecule has 0 saturated carbocycles. The predicted molar refractivity (Wildman–Crippen MR) is 104 cm³/mol. The number of carbonyl (C=O) groups is 1. The van der Waals surface area contributed by atoms with Crippen LogP contribution in [0.25, 0.3) is 5.69 Å². The normalized spacial score (nSPS) is 12.0. The Morgan fingerprint density at radius 2 is 2.08 bits per heavy atom. The third kappa shape index (κ3) is 4.17. The van der Waals surface area contributed by atoms with E-state index in [1.165, 1.54) is 24.0 Å². The summed E-state index contributed by atoms with van der Waals surface area (Å²) in [6.07, 6.45) is 3.06. The Hall–Kier alpha value is -2.09. The van der Waals surface area contributed by atoms with Crippen LogP contribution in [0.1, 0.15) is 12.5 Å². The summed E-state index contributed by atoms with van der Waals surface area (Å²) >= 11 is 13.2. The largest absolute Gasteiger partial charge is 0.308 e. The van der Waals surface area contributed by atoms with E-state index in [1.54, 1.807) is 13.3 Å². The zero-order chi connectivity index (χ0) is 18.7. The fourth-order valence-corrected chi connectivity index (χ4v) is 3.50. The van der Waals surface area contributed by atoms with Crippen LogP contribution in [0.15, 0.2) is 48.0 Å². The molecule has 0 spiro atoms. The predicted octanol–water partition coefficient (Wildman–Crippen LogP) is 4.40. The van der Waals surface area contributed by atoms with Gasteiger partial charge in [0, 0.05) is 6.20 Å². The molecule has 9 heteroatoms. The first-order chi connectivity index (χ1) is 12.5. The fourth-order valence-electron chi connectivity index (χ4n) is 2.24. The molecule has 134 valence electrons. The molecular formula is C17H15Cl2N5OS. The summed E-state index contributed by atoms with van der Waals surface area (Å²) in [7, 11) is 0. The molecule has 1 N–H and O–H groups in total. The van der Waals surface area contributed by atoms with Crippen molar-refractivity contribution in [2.24, 2.45) is 0 Å². The first-order valence-corrected chi connectivity index (χ1v) is 9.34. The van der Waals surface area contributed by atoms with Gasteiger partial charge in [0.15, 0.2) is 11.0 Å². The summed E-state index contributed by atoms with van der Waals surface area (Å²) in [5.74, 6) is 0.0277. The van der Waals surface area contributed by atoms with E-state index in [9.17, 15) is 4.79 Å². The maximum absolute atomic E-state index is 12.5. The van der Waals surface area contributed by atoms with Crippen molar-refractivity contribution in [3.05, 3.63) is 58.5 Å². The van der Waals surface area contributed by atoms with Crippen LogP contribution in [0.3, 0.4) is 0 Å². The molecule has 6 nitrogen and oxygen atoms in total. The lowest BCUT2D eigenvalue weighted by molar-refractivity contribution is -0.115. The molecule has 0 fully saturated rings. The number of aromatic nitrogens is 4. The summed E-state index contributed by atoms with van der Waals surface area (Å²) in [5.41, 5.74) is 2.05. The third-order valence-corrected chi connectivity index (χ3v) is 5.14. The maximum atomic E-state index is 12.5. The number of hydrogen-bond acceptors (Lipinski definition) is 5. The molecule has 0 bridgehead atoms. The molecule has 26 heavy (non-hydrogen) atoms. The third-order valence-electron chi connectivity index (χ3n) is 3.59. The number of para-hydroxylation sites is 1. The Morgan fingerprint density at radius 1 is 1.31 bits per heavy atom. The number of benzene rings is 1. The van der Waals surface area contributed by atoms with Gasteiger partial charge < -0.3 is 5.32 Å². The minimum atomic E-state index is -0.435. The Bertz CT molecular complexity index is 946. The van der Waals surface area contributed by atoms with Gasteiger partial charge in [-0.25, -0.2) is 4.98 Å². The lowest BCUT2D eigenvalue weighted by Crippen LogP contribution is -2.23. The van der Waals surface area contributed by atoms with Gasteiger partial charge in [-0.2, -0.15) is 0 Å². The molecule has 0 saturated heterocycles. The van der Waals surface area contributed by atoms with Gasteiger partial charge in [-0.1, -0.05) is 53.2 Å². The van der Waals surface area contributed by atoms with Crippen molar-refractivity contribution in [2.45, 2.75) is 24.3 Å². The standard InChI is InChI=1S/C17H15Cl2N5OS/c1-10-5-3-4-6-14(10)24-9-21-23-17(24)26-11(2)16(25)22-15-13(19)7-12(18)8-20-15/h3-9,11H,1-2H3,(H,20,22,25). The number of anilines is 1. The highest BCUT2D eigenvalue weighted by molar-refractivity contribution is 8.00. The SMILES string of the molecule is Cc1ccccc1-n1cnnc1SC(C)C(=O)Nc1ncc(Cl)cc1Cl. The second kappa shape index (κ2) is 8.07. The van der Waals surface area contributed by atoms with Crippen LogP contribution in [0.5, 0.6) is 0 Å². The van der Waals surface area contributed by atoms with E-state index >= 15 is 0 Å². The molecule has 2 heterocycles. The van der Waals surface area contributed by atoms with Crippen LogP contribution < -0.4 is 5.32 Å². The zero-order valence-electron chi connectivity index (χ0n) is 14.0. The van der Waals surface area contributed by atoms with Crippen LogP contribution in [0.2, 0.25) is 10.0 Å². The molecule has 0 aliphatic rings. The molecule has 2 aromatic heterocycles. The topological polar surface area (TPSA) is 72.7 Å². The number of carbonyl (C=O) groups excluding carboxylic acids is 1. The molecule has 1 atom stereocenters. The second-order valence-electron chi connectivity index (χ2n) is 5.50. The summed E-state index contributed by atoms with van der Waals surface area (Å²) in [4.78, 5) is 16.5. The Balaban J connectivity index is 1.74. The summed E-state index contributed by atoms with van der Waals surface area (Å²) < 4.78 is 1.86. The minimum absolute atomic E-state index is 0.244. The van der Waals surface area contributed by atoms with E-state index in [-0.39, 0.29) is 16.7 Å². The highest BCUT2D eigenvalue weighted by Gasteiger charge is 2.20. The average Bonchev–Trinajstić information content (AvgIpc) is 3.05. The number of hydrogen-bond donors (Lipinski definition) is 1. The Morgan fingerprint density at radius 3 is 2.81 bits per heavy atom. The van der Waals surface area contributed by atoms with Gasteiger partial charge in [0.2, 0.25) is 5.91 Å². The molecule has 1 amide bonds. The van der Waals surface area contributed by atoms with Crippen molar-refractivity contribution < 1.29 is 4.79 Å². The van der Waals surface area contributed by atoms with Crippen molar-refractivity contribution in [3.63, 3.8) is 0 Å². The van der Waals surface area contributed by atoms with Crippen LogP contribution in [0.4, 0.5) is 5.82 Å². The highest BCUT2D eigenvalue weighted by atomic mass is 35.5. The van der Waals surface area contributed by atoms with Crippen molar-refractivity contribution in [2.75, 3.05) is 5.32 Å². The average molecular weight is 408 g/mol. The molecule has 3 aromatic rings. The summed E-state index contributed by atoms with van der Waals surface area (Å²) in [6, 6.07) is 9.42. The Labute approximate surface area is 164 Å². The molecule has 0 aliphatic heterocycles. The summed E-state index contributed by atoms with van der Waals surface area (Å²) in [5, 5.41) is 11.7. The van der Waals surface area contributed by atoms with Crippen LogP contribution in [0, 0.1) is 6.92 Å². The number of rotatable bonds is 5. The molecule has 0 aliphatic carbocycles. The number of nitrogens with zero attached hydrogens (tertiary/aromatic N) is 4. The van der Waals surface area contributed by atoms with E-state index in [1.807, 2.05) is 35.8 Å².